The minimum Gasteiger partial charge on any atom is -0.481 e. The molecule has 1 aliphatic carbocycles. The summed E-state index contributed by atoms with van der Waals surface area (Å²) in [5.41, 5.74) is 0.385. The SMILES string of the molecule is Cc1nc(C(=O)NC2CCCCCC2C(=O)O)cs1. The van der Waals surface area contributed by atoms with Gasteiger partial charge < -0.3 is 10.4 Å². The molecule has 0 radical (unpaired) electrons. The molecule has 6 heteroatoms. The third-order valence-electron chi connectivity index (χ3n) is 3.50. The van der Waals surface area contributed by atoms with Gasteiger partial charge in [-0.3, -0.25) is 9.59 Å². The van der Waals surface area contributed by atoms with E-state index < -0.39 is 11.9 Å². The van der Waals surface area contributed by atoms with E-state index in [0.29, 0.717) is 12.1 Å². The van der Waals surface area contributed by atoms with E-state index in [0.717, 1.165) is 30.7 Å². The number of carboxylic acid groups (broad SMARTS) is 1. The number of hydrogen-bond donors (Lipinski definition) is 2. The first-order valence-corrected chi connectivity index (χ1v) is 7.41. The summed E-state index contributed by atoms with van der Waals surface area (Å²) < 4.78 is 0. The third kappa shape index (κ3) is 3.53. The van der Waals surface area contributed by atoms with Crippen LogP contribution in [-0.2, 0) is 4.79 Å². The summed E-state index contributed by atoms with van der Waals surface area (Å²) in [6.45, 7) is 1.84. The van der Waals surface area contributed by atoms with Gasteiger partial charge in [-0.25, -0.2) is 4.98 Å². The van der Waals surface area contributed by atoms with Crippen LogP contribution in [0, 0.1) is 12.8 Å². The standard InChI is InChI=1S/C13H18N2O3S/c1-8-14-11(7-19-8)12(16)15-10-6-4-2-3-5-9(10)13(17)18/h7,9-10H,2-6H2,1H3,(H,15,16)(H,17,18). The molecular weight excluding hydrogens is 264 g/mol. The van der Waals surface area contributed by atoms with E-state index in [-0.39, 0.29) is 11.9 Å². The Morgan fingerprint density at radius 3 is 2.74 bits per heavy atom. The molecule has 1 aliphatic rings. The van der Waals surface area contributed by atoms with Crippen molar-refractivity contribution in [2.45, 2.75) is 45.1 Å². The second-order valence-corrected chi connectivity index (χ2v) is 5.98. The second kappa shape index (κ2) is 6.14. The van der Waals surface area contributed by atoms with E-state index in [9.17, 15) is 14.7 Å². The molecule has 5 nitrogen and oxygen atoms in total. The number of rotatable bonds is 3. The van der Waals surface area contributed by atoms with Crippen molar-refractivity contribution in [3.05, 3.63) is 16.1 Å². The minimum absolute atomic E-state index is 0.262. The van der Waals surface area contributed by atoms with Crippen molar-refractivity contribution < 1.29 is 14.7 Å². The first-order chi connectivity index (χ1) is 9.08. The third-order valence-corrected chi connectivity index (χ3v) is 4.27. The lowest BCUT2D eigenvalue weighted by molar-refractivity contribution is -0.142. The lowest BCUT2D eigenvalue weighted by Gasteiger charge is -2.22. The summed E-state index contributed by atoms with van der Waals surface area (Å²) in [4.78, 5) is 27.5. The summed E-state index contributed by atoms with van der Waals surface area (Å²) in [7, 11) is 0. The number of aliphatic carboxylic acids is 1. The van der Waals surface area contributed by atoms with Gasteiger partial charge in [-0.1, -0.05) is 19.3 Å². The fourth-order valence-corrected chi connectivity index (χ4v) is 3.08. The Hall–Kier alpha value is -1.43. The fourth-order valence-electron chi connectivity index (χ4n) is 2.49. The number of nitrogens with one attached hydrogen (secondary N) is 1. The Labute approximate surface area is 116 Å². The van der Waals surface area contributed by atoms with E-state index in [2.05, 4.69) is 10.3 Å². The Kier molecular flexibility index (Phi) is 4.52. The summed E-state index contributed by atoms with van der Waals surface area (Å²) in [5.74, 6) is -1.56. The van der Waals surface area contributed by atoms with E-state index >= 15 is 0 Å². The second-order valence-electron chi connectivity index (χ2n) is 4.91. The number of hydrogen-bond acceptors (Lipinski definition) is 4. The van der Waals surface area contributed by atoms with Crippen LogP contribution >= 0.6 is 11.3 Å². The first kappa shape index (κ1) is 14.0. The van der Waals surface area contributed by atoms with Crippen LogP contribution in [0.5, 0.6) is 0 Å². The molecule has 2 atom stereocenters. The molecule has 2 N–H and O–H groups in total. The monoisotopic (exact) mass is 282 g/mol. The van der Waals surface area contributed by atoms with E-state index in [4.69, 9.17) is 0 Å². The van der Waals surface area contributed by atoms with Crippen LogP contribution in [0.1, 0.15) is 47.6 Å². The van der Waals surface area contributed by atoms with Crippen LogP contribution < -0.4 is 5.32 Å². The molecule has 104 valence electrons. The molecule has 1 saturated carbocycles. The number of amides is 1. The van der Waals surface area contributed by atoms with Crippen molar-refractivity contribution in [2.24, 2.45) is 5.92 Å². The predicted octanol–water partition coefficient (Wildman–Crippen LogP) is 2.21. The van der Waals surface area contributed by atoms with E-state index in [1.54, 1.807) is 5.38 Å². The highest BCUT2D eigenvalue weighted by atomic mass is 32.1. The Balaban J connectivity index is 2.06. The van der Waals surface area contributed by atoms with Crippen molar-refractivity contribution >= 4 is 23.2 Å². The van der Waals surface area contributed by atoms with Crippen LogP contribution in [0.2, 0.25) is 0 Å². The molecule has 1 aromatic rings. The minimum atomic E-state index is -0.818. The molecule has 19 heavy (non-hydrogen) atoms. The van der Waals surface area contributed by atoms with E-state index in [1.807, 2.05) is 6.92 Å². The maximum atomic E-state index is 12.0. The molecule has 0 aromatic carbocycles. The molecule has 0 spiro atoms. The van der Waals surface area contributed by atoms with Gasteiger partial charge in [-0.15, -0.1) is 11.3 Å². The van der Waals surface area contributed by atoms with E-state index in [1.165, 1.54) is 11.3 Å². The van der Waals surface area contributed by atoms with Gasteiger partial charge in [0.25, 0.3) is 5.91 Å². The average molecular weight is 282 g/mol. The largest absolute Gasteiger partial charge is 0.481 e. The molecule has 1 fully saturated rings. The smallest absolute Gasteiger partial charge is 0.308 e. The summed E-state index contributed by atoms with van der Waals surface area (Å²) in [6.07, 6.45) is 4.28. The van der Waals surface area contributed by atoms with Crippen molar-refractivity contribution in [3.8, 4) is 0 Å². The zero-order valence-electron chi connectivity index (χ0n) is 10.9. The van der Waals surface area contributed by atoms with Gasteiger partial charge in [0.15, 0.2) is 0 Å². The van der Waals surface area contributed by atoms with Gasteiger partial charge in [0.1, 0.15) is 5.69 Å². The van der Waals surface area contributed by atoms with Crippen LogP contribution in [0.25, 0.3) is 0 Å². The topological polar surface area (TPSA) is 79.3 Å². The van der Waals surface area contributed by atoms with Gasteiger partial charge in [0.2, 0.25) is 0 Å². The summed E-state index contributed by atoms with van der Waals surface area (Å²) >= 11 is 1.42. The van der Waals surface area contributed by atoms with Crippen LogP contribution in [0.4, 0.5) is 0 Å². The lowest BCUT2D eigenvalue weighted by atomic mass is 9.95. The normalized spacial score (nSPS) is 23.6. The molecule has 0 bridgehead atoms. The van der Waals surface area contributed by atoms with Gasteiger partial charge in [-0.2, -0.15) is 0 Å². The summed E-state index contributed by atoms with van der Waals surface area (Å²) in [5, 5.41) is 14.6. The number of aromatic nitrogens is 1. The Morgan fingerprint density at radius 1 is 1.37 bits per heavy atom. The Morgan fingerprint density at radius 2 is 2.11 bits per heavy atom. The maximum Gasteiger partial charge on any atom is 0.308 e. The highest BCUT2D eigenvalue weighted by Crippen LogP contribution is 2.24. The molecule has 0 aliphatic heterocycles. The molecule has 2 unspecified atom stereocenters. The van der Waals surface area contributed by atoms with Gasteiger partial charge in [0, 0.05) is 11.4 Å². The maximum absolute atomic E-state index is 12.0. The van der Waals surface area contributed by atoms with Crippen molar-refractivity contribution in [1.82, 2.24) is 10.3 Å². The van der Waals surface area contributed by atoms with Crippen molar-refractivity contribution in [2.75, 3.05) is 0 Å². The van der Waals surface area contributed by atoms with Crippen LogP contribution in [0.15, 0.2) is 5.38 Å². The number of nitrogens with zero attached hydrogens (tertiary/aromatic N) is 1. The number of thiazole rings is 1. The zero-order chi connectivity index (χ0) is 13.8. The number of carboxylic acids is 1. The molecule has 1 heterocycles. The Bertz CT molecular complexity index is 472. The van der Waals surface area contributed by atoms with Crippen LogP contribution in [-0.4, -0.2) is 28.0 Å². The molecule has 1 amide bonds. The molecule has 0 saturated heterocycles. The highest BCUT2D eigenvalue weighted by Gasteiger charge is 2.31. The number of carbonyl (C=O) groups excluding carboxylic acids is 1. The van der Waals surface area contributed by atoms with Crippen molar-refractivity contribution in [3.63, 3.8) is 0 Å². The van der Waals surface area contributed by atoms with Crippen molar-refractivity contribution in [1.29, 1.82) is 0 Å². The van der Waals surface area contributed by atoms with Gasteiger partial charge in [0.05, 0.1) is 10.9 Å². The number of aryl methyl sites for hydroxylation is 1. The van der Waals surface area contributed by atoms with Crippen LogP contribution in [0.3, 0.4) is 0 Å². The highest BCUT2D eigenvalue weighted by molar-refractivity contribution is 7.09. The molecule has 2 rings (SSSR count). The van der Waals surface area contributed by atoms with Gasteiger partial charge in [-0.05, 0) is 19.8 Å². The molecular formula is C13H18N2O3S. The number of carbonyl (C=O) groups is 2. The fraction of sp³-hybridized carbons (Fsp3) is 0.615. The first-order valence-electron chi connectivity index (χ1n) is 6.53. The summed E-state index contributed by atoms with van der Waals surface area (Å²) in [6, 6.07) is -0.283. The quantitative estimate of drug-likeness (QED) is 0.833. The van der Waals surface area contributed by atoms with Gasteiger partial charge >= 0.3 is 5.97 Å². The predicted molar refractivity (Wildman–Crippen MR) is 72.3 cm³/mol. The average Bonchev–Trinajstić information content (AvgIpc) is 2.65. The molecule has 1 aromatic heterocycles. The lowest BCUT2D eigenvalue weighted by Crippen LogP contribution is -2.42. The zero-order valence-corrected chi connectivity index (χ0v) is 11.7.